The molecule has 0 aliphatic heterocycles. The van der Waals surface area contributed by atoms with Crippen LogP contribution in [0.25, 0.3) is 0 Å². The fraction of sp³-hybridized carbons (Fsp3) is 0.526. The number of carboxylic acid groups (broad SMARTS) is 1. The van der Waals surface area contributed by atoms with E-state index >= 15 is 0 Å². The van der Waals surface area contributed by atoms with Crippen LogP contribution in [-0.2, 0) is 4.79 Å². The molecule has 0 heterocycles. The van der Waals surface area contributed by atoms with Crippen molar-refractivity contribution < 1.29 is 19.5 Å². The Balaban J connectivity index is 1.84. The van der Waals surface area contributed by atoms with E-state index in [1.54, 1.807) is 38.1 Å². The van der Waals surface area contributed by atoms with E-state index in [1.807, 2.05) is 0 Å². The molecule has 1 aliphatic carbocycles. The molecule has 0 saturated heterocycles. The van der Waals surface area contributed by atoms with Crippen molar-refractivity contribution in [2.75, 3.05) is 5.32 Å². The molecule has 4 N–H and O–H groups in total. The second kappa shape index (κ2) is 8.69. The number of anilines is 1. The highest BCUT2D eigenvalue weighted by molar-refractivity contribution is 5.95. The molecule has 26 heavy (non-hydrogen) atoms. The maximum Gasteiger partial charge on any atom is 0.319 e. The first-order valence-electron chi connectivity index (χ1n) is 8.97. The molecule has 142 valence electrons. The van der Waals surface area contributed by atoms with E-state index in [1.165, 1.54) is 0 Å². The van der Waals surface area contributed by atoms with Gasteiger partial charge in [0.15, 0.2) is 0 Å². The Morgan fingerprint density at radius 2 is 1.73 bits per heavy atom. The third-order valence-corrected chi connectivity index (χ3v) is 4.51. The minimum atomic E-state index is -0.897. The number of amides is 3. The Labute approximate surface area is 153 Å². The standard InChI is InChI=1S/C19H27N3O4/c1-19(2,12-11-16(23)24)22-18(26)21-15-9-7-13(8-10-15)17(25)20-14-5-3-4-6-14/h7-10,14H,3-6,11-12H2,1-2H3,(H,20,25)(H,23,24)(H2,21,22,26). The minimum Gasteiger partial charge on any atom is -0.481 e. The lowest BCUT2D eigenvalue weighted by atomic mass is 9.99. The monoisotopic (exact) mass is 361 g/mol. The van der Waals surface area contributed by atoms with Crippen LogP contribution in [0, 0.1) is 0 Å². The Hall–Kier alpha value is -2.57. The molecule has 2 rings (SSSR count). The molecule has 0 radical (unpaired) electrons. The van der Waals surface area contributed by atoms with Crippen molar-refractivity contribution in [1.82, 2.24) is 10.6 Å². The van der Waals surface area contributed by atoms with Crippen molar-refractivity contribution in [3.05, 3.63) is 29.8 Å². The summed E-state index contributed by atoms with van der Waals surface area (Å²) in [5, 5.41) is 17.2. The van der Waals surface area contributed by atoms with Crippen molar-refractivity contribution in [2.45, 2.75) is 64.0 Å². The van der Waals surface area contributed by atoms with E-state index in [4.69, 9.17) is 5.11 Å². The molecule has 1 aliphatic rings. The molecule has 0 atom stereocenters. The zero-order valence-corrected chi connectivity index (χ0v) is 15.3. The number of carboxylic acids is 1. The highest BCUT2D eigenvalue weighted by Gasteiger charge is 2.22. The fourth-order valence-corrected chi connectivity index (χ4v) is 3.00. The van der Waals surface area contributed by atoms with Gasteiger partial charge in [-0.25, -0.2) is 4.79 Å². The van der Waals surface area contributed by atoms with Gasteiger partial charge in [0.1, 0.15) is 0 Å². The van der Waals surface area contributed by atoms with E-state index in [0.717, 1.165) is 25.7 Å². The number of hydrogen-bond acceptors (Lipinski definition) is 3. The Morgan fingerprint density at radius 3 is 2.31 bits per heavy atom. The van der Waals surface area contributed by atoms with Crippen LogP contribution in [0.5, 0.6) is 0 Å². The van der Waals surface area contributed by atoms with E-state index in [9.17, 15) is 14.4 Å². The zero-order chi connectivity index (χ0) is 19.2. The van der Waals surface area contributed by atoms with E-state index in [2.05, 4.69) is 16.0 Å². The largest absolute Gasteiger partial charge is 0.481 e. The van der Waals surface area contributed by atoms with Crippen LogP contribution in [0.4, 0.5) is 10.5 Å². The van der Waals surface area contributed by atoms with Gasteiger partial charge in [0.2, 0.25) is 0 Å². The first-order chi connectivity index (χ1) is 12.2. The Bertz CT molecular complexity index is 649. The number of rotatable bonds is 7. The highest BCUT2D eigenvalue weighted by atomic mass is 16.4. The predicted octanol–water partition coefficient (Wildman–Crippen LogP) is 3.12. The molecular weight excluding hydrogens is 334 g/mol. The summed E-state index contributed by atoms with van der Waals surface area (Å²) in [6, 6.07) is 6.55. The summed E-state index contributed by atoms with van der Waals surface area (Å²) in [5.41, 5.74) is 0.488. The molecule has 0 aromatic heterocycles. The molecule has 0 unspecified atom stereocenters. The second-order valence-corrected chi connectivity index (χ2v) is 7.39. The van der Waals surface area contributed by atoms with Gasteiger partial charge < -0.3 is 21.1 Å². The molecule has 0 spiro atoms. The first-order valence-corrected chi connectivity index (χ1v) is 8.97. The van der Waals surface area contributed by atoms with E-state index in [-0.39, 0.29) is 18.4 Å². The molecule has 7 heteroatoms. The third kappa shape index (κ3) is 6.38. The molecular formula is C19H27N3O4. The van der Waals surface area contributed by atoms with Crippen molar-refractivity contribution in [1.29, 1.82) is 0 Å². The third-order valence-electron chi connectivity index (χ3n) is 4.51. The van der Waals surface area contributed by atoms with Gasteiger partial charge in [0, 0.05) is 29.3 Å². The summed E-state index contributed by atoms with van der Waals surface area (Å²) in [4.78, 5) is 34.9. The van der Waals surface area contributed by atoms with Gasteiger partial charge in [0.05, 0.1) is 0 Å². The topological polar surface area (TPSA) is 108 Å². The highest BCUT2D eigenvalue weighted by Crippen LogP contribution is 2.18. The molecule has 0 bridgehead atoms. The number of nitrogens with one attached hydrogen (secondary N) is 3. The predicted molar refractivity (Wildman–Crippen MR) is 99.3 cm³/mol. The SMILES string of the molecule is CC(C)(CCC(=O)O)NC(=O)Nc1ccc(C(=O)NC2CCCC2)cc1. The minimum absolute atomic E-state index is 0.0158. The van der Waals surface area contributed by atoms with Crippen molar-refractivity contribution in [3.63, 3.8) is 0 Å². The number of hydrogen-bond donors (Lipinski definition) is 4. The van der Waals surface area contributed by atoms with Crippen molar-refractivity contribution in [3.8, 4) is 0 Å². The number of carbonyl (C=O) groups is 3. The fourth-order valence-electron chi connectivity index (χ4n) is 3.00. The van der Waals surface area contributed by atoms with Gasteiger partial charge in [-0.3, -0.25) is 9.59 Å². The normalized spacial score (nSPS) is 14.7. The lowest BCUT2D eigenvalue weighted by Gasteiger charge is -2.25. The van der Waals surface area contributed by atoms with Gasteiger partial charge in [-0.1, -0.05) is 12.8 Å². The van der Waals surface area contributed by atoms with E-state index in [0.29, 0.717) is 17.7 Å². The maximum absolute atomic E-state index is 12.2. The molecule has 1 aromatic rings. The van der Waals surface area contributed by atoms with E-state index < -0.39 is 17.5 Å². The maximum atomic E-state index is 12.2. The summed E-state index contributed by atoms with van der Waals surface area (Å²) < 4.78 is 0. The number of carbonyl (C=O) groups excluding carboxylic acids is 2. The van der Waals surface area contributed by atoms with Crippen molar-refractivity contribution >= 4 is 23.6 Å². The number of urea groups is 1. The average molecular weight is 361 g/mol. The quantitative estimate of drug-likeness (QED) is 0.598. The van der Waals surface area contributed by atoms with Crippen LogP contribution in [0.15, 0.2) is 24.3 Å². The average Bonchev–Trinajstić information content (AvgIpc) is 3.06. The lowest BCUT2D eigenvalue weighted by Crippen LogP contribution is -2.45. The Morgan fingerprint density at radius 1 is 1.12 bits per heavy atom. The van der Waals surface area contributed by atoms with Crippen LogP contribution < -0.4 is 16.0 Å². The smallest absolute Gasteiger partial charge is 0.319 e. The number of benzene rings is 1. The molecule has 3 amide bonds. The second-order valence-electron chi connectivity index (χ2n) is 7.39. The van der Waals surface area contributed by atoms with Crippen molar-refractivity contribution in [2.24, 2.45) is 0 Å². The lowest BCUT2D eigenvalue weighted by molar-refractivity contribution is -0.137. The zero-order valence-electron chi connectivity index (χ0n) is 15.3. The van der Waals surface area contributed by atoms with Crippen LogP contribution >= 0.6 is 0 Å². The van der Waals surface area contributed by atoms with Gasteiger partial charge in [-0.2, -0.15) is 0 Å². The van der Waals surface area contributed by atoms with Gasteiger partial charge in [-0.15, -0.1) is 0 Å². The Kier molecular flexibility index (Phi) is 6.60. The molecule has 1 saturated carbocycles. The van der Waals surface area contributed by atoms with Crippen LogP contribution in [-0.4, -0.2) is 34.6 Å². The van der Waals surface area contributed by atoms with Crippen LogP contribution in [0.1, 0.15) is 62.7 Å². The summed E-state index contributed by atoms with van der Waals surface area (Å²) in [7, 11) is 0. The molecule has 7 nitrogen and oxygen atoms in total. The summed E-state index contributed by atoms with van der Waals surface area (Å²) >= 11 is 0. The molecule has 1 aromatic carbocycles. The summed E-state index contributed by atoms with van der Waals surface area (Å²) in [5.74, 6) is -0.991. The van der Waals surface area contributed by atoms with Crippen LogP contribution in [0.2, 0.25) is 0 Å². The molecule has 1 fully saturated rings. The van der Waals surface area contributed by atoms with Gasteiger partial charge >= 0.3 is 12.0 Å². The van der Waals surface area contributed by atoms with Gasteiger partial charge in [0.25, 0.3) is 5.91 Å². The summed E-state index contributed by atoms with van der Waals surface area (Å²) in [6.45, 7) is 3.54. The van der Waals surface area contributed by atoms with Gasteiger partial charge in [-0.05, 0) is 57.4 Å². The summed E-state index contributed by atoms with van der Waals surface area (Å²) in [6.07, 6.45) is 4.69. The van der Waals surface area contributed by atoms with Crippen LogP contribution in [0.3, 0.4) is 0 Å². The number of aliphatic carboxylic acids is 1. The first kappa shape index (κ1) is 19.8.